The van der Waals surface area contributed by atoms with E-state index in [2.05, 4.69) is 34.5 Å². The highest BCUT2D eigenvalue weighted by molar-refractivity contribution is 8.00. The molecule has 2 aliphatic rings. The molecule has 2 aromatic carbocycles. The van der Waals surface area contributed by atoms with Gasteiger partial charge in [0.2, 0.25) is 5.91 Å². The van der Waals surface area contributed by atoms with Crippen LogP contribution in [0, 0.1) is 0 Å². The van der Waals surface area contributed by atoms with Crippen LogP contribution >= 0.6 is 11.8 Å². The van der Waals surface area contributed by atoms with Gasteiger partial charge in [-0.2, -0.15) is 0 Å². The summed E-state index contributed by atoms with van der Waals surface area (Å²) >= 11 is 1.49. The van der Waals surface area contributed by atoms with E-state index in [4.69, 9.17) is 0 Å². The Labute approximate surface area is 164 Å². The lowest BCUT2D eigenvalue weighted by Gasteiger charge is -2.28. The number of carbonyl (C=O) groups excluding carboxylic acids is 1. The third-order valence-electron chi connectivity index (χ3n) is 5.37. The molecule has 0 spiro atoms. The molecule has 0 bridgehead atoms. The summed E-state index contributed by atoms with van der Waals surface area (Å²) < 4.78 is 24.2. The van der Waals surface area contributed by atoms with Crippen LogP contribution in [0.2, 0.25) is 0 Å². The number of nitrogens with zero attached hydrogens (tertiary/aromatic N) is 1. The Bertz CT molecular complexity index is 939. The first-order valence-electron chi connectivity index (χ1n) is 9.36. The number of hydrogen-bond donors (Lipinski definition) is 1. The number of fused-ring (bicyclic) bond motifs is 1. The number of carbonyl (C=O) groups is 1. The van der Waals surface area contributed by atoms with Crippen LogP contribution in [-0.4, -0.2) is 61.7 Å². The second-order valence-electron chi connectivity index (χ2n) is 7.36. The van der Waals surface area contributed by atoms with Crippen LogP contribution in [0.4, 0.5) is 0 Å². The maximum atomic E-state index is 12.5. The summed E-state index contributed by atoms with van der Waals surface area (Å²) in [6.07, 6.45) is 2.21. The Morgan fingerprint density at radius 2 is 1.81 bits per heavy atom. The third-order valence-corrected chi connectivity index (χ3v) is 8.08. The van der Waals surface area contributed by atoms with E-state index in [0.29, 0.717) is 5.75 Å². The van der Waals surface area contributed by atoms with E-state index >= 15 is 0 Å². The molecule has 7 heteroatoms. The van der Waals surface area contributed by atoms with Crippen LogP contribution < -0.4 is 5.32 Å². The summed E-state index contributed by atoms with van der Waals surface area (Å²) in [7, 11) is -3.08. The van der Waals surface area contributed by atoms with E-state index < -0.39 is 9.84 Å². The lowest BCUT2D eigenvalue weighted by Crippen LogP contribution is -2.50. The zero-order valence-corrected chi connectivity index (χ0v) is 16.8. The number of rotatable bonds is 5. The number of sulfone groups is 1. The number of nitrogens with one attached hydrogen (secondary N) is 1. The van der Waals surface area contributed by atoms with E-state index in [1.807, 2.05) is 18.2 Å². The molecule has 2 aliphatic heterocycles. The standard InChI is InChI=1S/C20H24N2O3S2/c23-20(12-26-17-8-7-15-5-1-2-6-16(15)11-17)21-18-13-27(24,25)14-19(18)22-9-3-4-10-22/h1-2,5-8,11,18-19H,3-4,9-10,12-14H2,(H,21,23). The lowest BCUT2D eigenvalue weighted by atomic mass is 10.1. The van der Waals surface area contributed by atoms with Gasteiger partial charge >= 0.3 is 0 Å². The highest BCUT2D eigenvalue weighted by Crippen LogP contribution is 2.25. The summed E-state index contributed by atoms with van der Waals surface area (Å²) in [6.45, 7) is 1.86. The summed E-state index contributed by atoms with van der Waals surface area (Å²) in [5, 5.41) is 5.32. The molecule has 0 saturated carbocycles. The fourth-order valence-corrected chi connectivity index (χ4v) is 6.76. The summed E-state index contributed by atoms with van der Waals surface area (Å²) in [5.74, 6) is 0.414. The predicted octanol–water partition coefficient (Wildman–Crippen LogP) is 2.31. The number of thioether (sulfide) groups is 1. The van der Waals surface area contributed by atoms with Crippen molar-refractivity contribution in [3.05, 3.63) is 42.5 Å². The first kappa shape index (κ1) is 18.8. The summed E-state index contributed by atoms with van der Waals surface area (Å²) in [6, 6.07) is 13.9. The minimum atomic E-state index is -3.08. The normalized spacial score (nSPS) is 25.0. The molecule has 5 nitrogen and oxygen atoms in total. The zero-order chi connectivity index (χ0) is 18.9. The van der Waals surface area contributed by atoms with Gasteiger partial charge in [0.1, 0.15) is 0 Å². The van der Waals surface area contributed by atoms with E-state index in [9.17, 15) is 13.2 Å². The topological polar surface area (TPSA) is 66.5 Å². The molecule has 1 amide bonds. The third kappa shape index (κ3) is 4.47. The molecule has 0 radical (unpaired) electrons. The van der Waals surface area contributed by atoms with Gasteiger partial charge in [0, 0.05) is 10.9 Å². The maximum absolute atomic E-state index is 12.5. The molecule has 2 fully saturated rings. The van der Waals surface area contributed by atoms with Gasteiger partial charge in [0.15, 0.2) is 9.84 Å². The maximum Gasteiger partial charge on any atom is 0.230 e. The largest absolute Gasteiger partial charge is 0.350 e. The van der Waals surface area contributed by atoms with Gasteiger partial charge in [-0.1, -0.05) is 30.3 Å². The van der Waals surface area contributed by atoms with E-state index in [1.165, 1.54) is 17.1 Å². The number of benzene rings is 2. The van der Waals surface area contributed by atoms with Gasteiger partial charge in [-0.15, -0.1) is 11.8 Å². The molecule has 2 saturated heterocycles. The number of amides is 1. The Morgan fingerprint density at radius 3 is 2.59 bits per heavy atom. The minimum Gasteiger partial charge on any atom is -0.350 e. The highest BCUT2D eigenvalue weighted by Gasteiger charge is 2.42. The quantitative estimate of drug-likeness (QED) is 0.775. The molecular weight excluding hydrogens is 380 g/mol. The molecule has 0 aliphatic carbocycles. The van der Waals surface area contributed by atoms with Gasteiger partial charge < -0.3 is 5.32 Å². The van der Waals surface area contributed by atoms with Gasteiger partial charge in [-0.3, -0.25) is 9.69 Å². The number of likely N-dealkylation sites (tertiary alicyclic amines) is 1. The molecule has 0 aromatic heterocycles. The monoisotopic (exact) mass is 404 g/mol. The molecule has 2 atom stereocenters. The molecule has 144 valence electrons. The molecule has 4 rings (SSSR count). The average molecular weight is 405 g/mol. The van der Waals surface area contributed by atoms with Crippen molar-refractivity contribution >= 4 is 38.3 Å². The Kier molecular flexibility index (Phi) is 5.43. The molecule has 1 N–H and O–H groups in total. The predicted molar refractivity (Wildman–Crippen MR) is 110 cm³/mol. The van der Waals surface area contributed by atoms with Crippen LogP contribution in [0.1, 0.15) is 12.8 Å². The minimum absolute atomic E-state index is 0.0561. The smallest absolute Gasteiger partial charge is 0.230 e. The van der Waals surface area contributed by atoms with Gasteiger partial charge in [0.05, 0.1) is 23.3 Å². The first-order valence-corrected chi connectivity index (χ1v) is 12.2. The summed E-state index contributed by atoms with van der Waals surface area (Å²) in [4.78, 5) is 15.7. The fourth-order valence-electron chi connectivity index (χ4n) is 4.05. The molecule has 2 heterocycles. The van der Waals surface area contributed by atoms with Crippen LogP contribution in [0.3, 0.4) is 0 Å². The van der Waals surface area contributed by atoms with Gasteiger partial charge in [-0.25, -0.2) is 8.42 Å². The number of hydrogen-bond acceptors (Lipinski definition) is 5. The van der Waals surface area contributed by atoms with E-state index in [0.717, 1.165) is 36.2 Å². The van der Waals surface area contributed by atoms with Crippen LogP contribution in [0.25, 0.3) is 10.8 Å². The molecule has 2 unspecified atom stereocenters. The van der Waals surface area contributed by atoms with Crippen molar-refractivity contribution in [1.82, 2.24) is 10.2 Å². The zero-order valence-electron chi connectivity index (χ0n) is 15.1. The molecule has 2 aromatic rings. The fraction of sp³-hybridized carbons (Fsp3) is 0.450. The van der Waals surface area contributed by atoms with Crippen LogP contribution in [-0.2, 0) is 14.6 Å². The van der Waals surface area contributed by atoms with Crippen molar-refractivity contribution < 1.29 is 13.2 Å². The van der Waals surface area contributed by atoms with Gasteiger partial charge in [-0.05, 0) is 48.8 Å². The second kappa shape index (κ2) is 7.81. The van der Waals surface area contributed by atoms with Gasteiger partial charge in [0.25, 0.3) is 0 Å². The van der Waals surface area contributed by atoms with Crippen molar-refractivity contribution in [2.24, 2.45) is 0 Å². The van der Waals surface area contributed by atoms with E-state index in [-0.39, 0.29) is 29.5 Å². The van der Waals surface area contributed by atoms with Crippen molar-refractivity contribution in [3.8, 4) is 0 Å². The SMILES string of the molecule is O=C(CSc1ccc2ccccc2c1)NC1CS(=O)(=O)CC1N1CCCC1. The summed E-state index contributed by atoms with van der Waals surface area (Å²) in [5.41, 5.74) is 0. The Morgan fingerprint density at radius 1 is 1.07 bits per heavy atom. The highest BCUT2D eigenvalue weighted by atomic mass is 32.2. The lowest BCUT2D eigenvalue weighted by molar-refractivity contribution is -0.119. The second-order valence-corrected chi connectivity index (χ2v) is 10.6. The molecular formula is C20H24N2O3S2. The molecule has 27 heavy (non-hydrogen) atoms. The Hall–Kier alpha value is -1.57. The van der Waals surface area contributed by atoms with E-state index in [1.54, 1.807) is 0 Å². The van der Waals surface area contributed by atoms with Crippen molar-refractivity contribution in [2.75, 3.05) is 30.3 Å². The van der Waals surface area contributed by atoms with Crippen molar-refractivity contribution in [1.29, 1.82) is 0 Å². The average Bonchev–Trinajstić information content (AvgIpc) is 3.27. The first-order chi connectivity index (χ1) is 13.0. The van der Waals surface area contributed by atoms with Crippen molar-refractivity contribution in [3.63, 3.8) is 0 Å². The Balaban J connectivity index is 1.37. The van der Waals surface area contributed by atoms with Crippen LogP contribution in [0.5, 0.6) is 0 Å². The van der Waals surface area contributed by atoms with Crippen molar-refractivity contribution in [2.45, 2.75) is 29.8 Å². The van der Waals surface area contributed by atoms with Crippen LogP contribution in [0.15, 0.2) is 47.4 Å².